The first-order chi connectivity index (χ1) is 5.83. The lowest BCUT2D eigenvalue weighted by Gasteiger charge is -2.20. The standard InChI is InChI=1S/C9H16N2O/c1-10-8(6-2-3-6)7-4-5-11-9(7)12/h6-8,10H,2-5H2,1H3,(H,11,12). The molecule has 1 amide bonds. The van der Waals surface area contributed by atoms with Crippen LogP contribution in [-0.2, 0) is 4.79 Å². The highest BCUT2D eigenvalue weighted by molar-refractivity contribution is 5.81. The van der Waals surface area contributed by atoms with E-state index in [0.29, 0.717) is 6.04 Å². The summed E-state index contributed by atoms with van der Waals surface area (Å²) in [6, 6.07) is 0.437. The molecule has 2 N–H and O–H groups in total. The van der Waals surface area contributed by atoms with Crippen LogP contribution in [0.4, 0.5) is 0 Å². The van der Waals surface area contributed by atoms with Crippen LogP contribution in [0.15, 0.2) is 0 Å². The molecule has 1 saturated carbocycles. The molecule has 2 fully saturated rings. The zero-order valence-corrected chi connectivity index (χ0v) is 7.47. The van der Waals surface area contributed by atoms with E-state index in [2.05, 4.69) is 10.6 Å². The fourth-order valence-corrected chi connectivity index (χ4v) is 2.18. The topological polar surface area (TPSA) is 41.1 Å². The Hall–Kier alpha value is -0.570. The second-order valence-electron chi connectivity index (χ2n) is 3.84. The summed E-state index contributed by atoms with van der Waals surface area (Å²) < 4.78 is 0. The van der Waals surface area contributed by atoms with Gasteiger partial charge in [-0.25, -0.2) is 0 Å². The lowest BCUT2D eigenvalue weighted by atomic mass is 9.94. The molecule has 1 heterocycles. The van der Waals surface area contributed by atoms with Crippen LogP contribution in [0.3, 0.4) is 0 Å². The number of hydrogen-bond acceptors (Lipinski definition) is 2. The lowest BCUT2D eigenvalue weighted by Crippen LogP contribution is -2.39. The molecular weight excluding hydrogens is 152 g/mol. The number of carbonyl (C=O) groups is 1. The van der Waals surface area contributed by atoms with Gasteiger partial charge in [-0.3, -0.25) is 4.79 Å². The number of rotatable bonds is 3. The summed E-state index contributed by atoms with van der Waals surface area (Å²) in [5.41, 5.74) is 0. The average Bonchev–Trinajstić information content (AvgIpc) is 2.80. The van der Waals surface area contributed by atoms with Gasteiger partial charge in [0.2, 0.25) is 5.91 Å². The Kier molecular flexibility index (Phi) is 2.05. The van der Waals surface area contributed by atoms with Gasteiger partial charge < -0.3 is 10.6 Å². The summed E-state index contributed by atoms with van der Waals surface area (Å²) in [5.74, 6) is 1.26. The molecule has 0 bridgehead atoms. The van der Waals surface area contributed by atoms with E-state index < -0.39 is 0 Å². The normalized spacial score (nSPS) is 31.8. The first-order valence-electron chi connectivity index (χ1n) is 4.78. The minimum atomic E-state index is 0.238. The molecule has 3 heteroatoms. The summed E-state index contributed by atoms with van der Waals surface area (Å²) in [6.07, 6.45) is 3.62. The second kappa shape index (κ2) is 3.05. The van der Waals surface area contributed by atoms with E-state index in [-0.39, 0.29) is 11.8 Å². The first-order valence-corrected chi connectivity index (χ1v) is 4.78. The zero-order valence-electron chi connectivity index (χ0n) is 7.47. The molecule has 2 atom stereocenters. The molecule has 0 aromatic rings. The van der Waals surface area contributed by atoms with Crippen LogP contribution in [0, 0.1) is 11.8 Å². The maximum absolute atomic E-state index is 11.4. The van der Waals surface area contributed by atoms with Crippen molar-refractivity contribution in [2.75, 3.05) is 13.6 Å². The number of carbonyl (C=O) groups excluding carboxylic acids is 1. The van der Waals surface area contributed by atoms with Gasteiger partial charge in [0.25, 0.3) is 0 Å². The van der Waals surface area contributed by atoms with Gasteiger partial charge >= 0.3 is 0 Å². The van der Waals surface area contributed by atoms with Gasteiger partial charge in [-0.2, -0.15) is 0 Å². The molecule has 12 heavy (non-hydrogen) atoms. The molecule has 1 aliphatic carbocycles. The van der Waals surface area contributed by atoms with Gasteiger partial charge in [-0.05, 0) is 32.2 Å². The van der Waals surface area contributed by atoms with E-state index in [4.69, 9.17) is 0 Å². The molecule has 0 aromatic heterocycles. The molecule has 68 valence electrons. The Labute approximate surface area is 72.9 Å². The molecule has 1 saturated heterocycles. The quantitative estimate of drug-likeness (QED) is 0.628. The first kappa shape index (κ1) is 8.05. The Morgan fingerprint density at radius 2 is 2.25 bits per heavy atom. The van der Waals surface area contributed by atoms with Crippen molar-refractivity contribution in [2.45, 2.75) is 25.3 Å². The molecule has 1 aliphatic heterocycles. The predicted octanol–water partition coefficient (Wildman–Crippen LogP) is 0.120. The fourth-order valence-electron chi connectivity index (χ4n) is 2.18. The summed E-state index contributed by atoms with van der Waals surface area (Å²) in [6.45, 7) is 0.869. The highest BCUT2D eigenvalue weighted by Crippen LogP contribution is 2.37. The van der Waals surface area contributed by atoms with Crippen molar-refractivity contribution in [2.24, 2.45) is 11.8 Å². The molecule has 0 spiro atoms. The fraction of sp³-hybridized carbons (Fsp3) is 0.889. The van der Waals surface area contributed by atoms with Crippen LogP contribution in [0.1, 0.15) is 19.3 Å². The van der Waals surface area contributed by atoms with E-state index in [9.17, 15) is 4.79 Å². The molecule has 0 radical (unpaired) electrons. The minimum Gasteiger partial charge on any atom is -0.356 e. The molecule has 0 aromatic carbocycles. The van der Waals surface area contributed by atoms with Crippen LogP contribution < -0.4 is 10.6 Å². The van der Waals surface area contributed by atoms with Gasteiger partial charge in [-0.15, -0.1) is 0 Å². The second-order valence-corrected chi connectivity index (χ2v) is 3.84. The number of amides is 1. The van der Waals surface area contributed by atoms with Crippen molar-refractivity contribution in [3.8, 4) is 0 Å². The Morgan fingerprint density at radius 3 is 2.67 bits per heavy atom. The maximum atomic E-state index is 11.4. The van der Waals surface area contributed by atoms with Gasteiger partial charge in [-0.1, -0.05) is 0 Å². The van der Waals surface area contributed by atoms with Gasteiger partial charge in [0.1, 0.15) is 0 Å². The Balaban J connectivity index is 1.99. The van der Waals surface area contributed by atoms with Crippen LogP contribution >= 0.6 is 0 Å². The van der Waals surface area contributed by atoms with Gasteiger partial charge in [0.15, 0.2) is 0 Å². The summed E-state index contributed by atoms with van der Waals surface area (Å²) >= 11 is 0. The van der Waals surface area contributed by atoms with Crippen molar-refractivity contribution in [3.05, 3.63) is 0 Å². The van der Waals surface area contributed by atoms with Crippen molar-refractivity contribution in [1.29, 1.82) is 0 Å². The van der Waals surface area contributed by atoms with E-state index in [0.717, 1.165) is 18.9 Å². The summed E-state index contributed by atoms with van der Waals surface area (Å²) in [5, 5.41) is 6.16. The third kappa shape index (κ3) is 1.33. The highest BCUT2D eigenvalue weighted by Gasteiger charge is 2.40. The van der Waals surface area contributed by atoms with Crippen molar-refractivity contribution >= 4 is 5.91 Å². The third-order valence-electron chi connectivity index (χ3n) is 2.99. The summed E-state index contributed by atoms with van der Waals surface area (Å²) in [4.78, 5) is 11.4. The van der Waals surface area contributed by atoms with Gasteiger partial charge in [0, 0.05) is 12.6 Å². The van der Waals surface area contributed by atoms with E-state index in [1.807, 2.05) is 7.05 Å². The Bertz CT molecular complexity index is 189. The number of hydrogen-bond donors (Lipinski definition) is 2. The molecule has 3 nitrogen and oxygen atoms in total. The largest absolute Gasteiger partial charge is 0.356 e. The van der Waals surface area contributed by atoms with E-state index in [1.54, 1.807) is 0 Å². The van der Waals surface area contributed by atoms with Crippen LogP contribution in [0.5, 0.6) is 0 Å². The minimum absolute atomic E-state index is 0.238. The van der Waals surface area contributed by atoms with Crippen molar-refractivity contribution < 1.29 is 4.79 Å². The lowest BCUT2D eigenvalue weighted by molar-refractivity contribution is -0.123. The van der Waals surface area contributed by atoms with E-state index in [1.165, 1.54) is 12.8 Å². The SMILES string of the molecule is CNC(C1CC1)C1CCNC1=O. The molecule has 2 aliphatic rings. The predicted molar refractivity (Wildman–Crippen MR) is 46.7 cm³/mol. The van der Waals surface area contributed by atoms with Crippen molar-refractivity contribution in [1.82, 2.24) is 10.6 Å². The molecule has 2 unspecified atom stereocenters. The van der Waals surface area contributed by atoms with Crippen LogP contribution in [-0.4, -0.2) is 25.5 Å². The average molecular weight is 168 g/mol. The van der Waals surface area contributed by atoms with E-state index >= 15 is 0 Å². The van der Waals surface area contributed by atoms with Crippen molar-refractivity contribution in [3.63, 3.8) is 0 Å². The Morgan fingerprint density at radius 1 is 1.50 bits per heavy atom. The smallest absolute Gasteiger partial charge is 0.224 e. The highest BCUT2D eigenvalue weighted by atomic mass is 16.2. The summed E-state index contributed by atoms with van der Waals surface area (Å²) in [7, 11) is 1.97. The maximum Gasteiger partial charge on any atom is 0.224 e. The van der Waals surface area contributed by atoms with Crippen LogP contribution in [0.25, 0.3) is 0 Å². The van der Waals surface area contributed by atoms with Crippen LogP contribution in [0.2, 0.25) is 0 Å². The molecule has 2 rings (SSSR count). The monoisotopic (exact) mass is 168 g/mol. The third-order valence-corrected chi connectivity index (χ3v) is 2.99. The zero-order chi connectivity index (χ0) is 8.55. The number of nitrogens with one attached hydrogen (secondary N) is 2. The van der Waals surface area contributed by atoms with Gasteiger partial charge in [0.05, 0.1) is 5.92 Å². The molecular formula is C9H16N2O.